The van der Waals surface area contributed by atoms with Gasteiger partial charge in [0.25, 0.3) is 0 Å². The SMILES string of the molecule is O=C(O)C1CCCN(c2ncnc3cccc(-c4ccc(F)c(F)c4)c23)C1. The molecule has 138 valence electrons. The third-order valence-corrected chi connectivity index (χ3v) is 4.94. The fourth-order valence-corrected chi connectivity index (χ4v) is 3.61. The number of rotatable bonds is 3. The molecule has 27 heavy (non-hydrogen) atoms. The fourth-order valence-electron chi connectivity index (χ4n) is 3.61. The summed E-state index contributed by atoms with van der Waals surface area (Å²) in [6.45, 7) is 1.04. The lowest BCUT2D eigenvalue weighted by molar-refractivity contribution is -0.141. The number of halogens is 2. The van der Waals surface area contributed by atoms with Crippen molar-refractivity contribution in [3.63, 3.8) is 0 Å². The lowest BCUT2D eigenvalue weighted by Crippen LogP contribution is -2.39. The summed E-state index contributed by atoms with van der Waals surface area (Å²) in [5.74, 6) is -2.49. The van der Waals surface area contributed by atoms with Gasteiger partial charge in [-0.25, -0.2) is 18.7 Å². The van der Waals surface area contributed by atoms with Gasteiger partial charge in [-0.1, -0.05) is 18.2 Å². The fraction of sp³-hybridized carbons (Fsp3) is 0.250. The molecule has 0 bridgehead atoms. The van der Waals surface area contributed by atoms with E-state index in [4.69, 9.17) is 0 Å². The van der Waals surface area contributed by atoms with Crippen LogP contribution in [0.4, 0.5) is 14.6 Å². The third-order valence-electron chi connectivity index (χ3n) is 4.94. The number of benzene rings is 2. The minimum absolute atomic E-state index is 0.355. The van der Waals surface area contributed by atoms with Gasteiger partial charge in [0.15, 0.2) is 11.6 Å². The van der Waals surface area contributed by atoms with E-state index >= 15 is 0 Å². The van der Waals surface area contributed by atoms with Gasteiger partial charge >= 0.3 is 5.97 Å². The van der Waals surface area contributed by atoms with E-state index in [9.17, 15) is 18.7 Å². The van der Waals surface area contributed by atoms with Gasteiger partial charge < -0.3 is 10.0 Å². The Labute approximate surface area is 154 Å². The number of anilines is 1. The normalized spacial score (nSPS) is 17.3. The van der Waals surface area contributed by atoms with E-state index in [-0.39, 0.29) is 0 Å². The number of piperidine rings is 1. The average Bonchev–Trinajstić information content (AvgIpc) is 2.69. The van der Waals surface area contributed by atoms with Crippen LogP contribution >= 0.6 is 0 Å². The maximum absolute atomic E-state index is 13.8. The molecule has 1 atom stereocenters. The number of carboxylic acid groups (broad SMARTS) is 1. The van der Waals surface area contributed by atoms with Gasteiger partial charge in [0, 0.05) is 13.1 Å². The van der Waals surface area contributed by atoms with Crippen molar-refractivity contribution in [3.05, 3.63) is 54.4 Å². The Balaban J connectivity index is 1.87. The molecule has 7 heteroatoms. The summed E-state index contributed by atoms with van der Waals surface area (Å²) in [4.78, 5) is 22.1. The highest BCUT2D eigenvalue weighted by Crippen LogP contribution is 2.35. The van der Waals surface area contributed by atoms with E-state index < -0.39 is 23.5 Å². The summed E-state index contributed by atoms with van der Waals surface area (Å²) in [7, 11) is 0. The van der Waals surface area contributed by atoms with Crippen molar-refractivity contribution in [1.82, 2.24) is 9.97 Å². The number of nitrogens with zero attached hydrogens (tertiary/aromatic N) is 3. The number of fused-ring (bicyclic) bond motifs is 1. The van der Waals surface area contributed by atoms with E-state index in [1.807, 2.05) is 11.0 Å². The molecule has 1 unspecified atom stereocenters. The Kier molecular flexibility index (Phi) is 4.43. The van der Waals surface area contributed by atoms with Crippen LogP contribution in [0.5, 0.6) is 0 Å². The van der Waals surface area contributed by atoms with Gasteiger partial charge in [0.2, 0.25) is 0 Å². The molecule has 0 amide bonds. The quantitative estimate of drug-likeness (QED) is 0.759. The smallest absolute Gasteiger partial charge is 0.308 e. The van der Waals surface area contributed by atoms with E-state index in [1.165, 1.54) is 12.4 Å². The second kappa shape index (κ2) is 6.90. The van der Waals surface area contributed by atoms with Gasteiger partial charge in [-0.15, -0.1) is 0 Å². The number of aromatic nitrogens is 2. The molecule has 1 fully saturated rings. The number of hydrogen-bond acceptors (Lipinski definition) is 4. The Hall–Kier alpha value is -3.09. The van der Waals surface area contributed by atoms with Crippen molar-refractivity contribution in [1.29, 1.82) is 0 Å². The molecule has 0 saturated carbocycles. The zero-order valence-corrected chi connectivity index (χ0v) is 14.4. The molecule has 0 aliphatic carbocycles. The number of hydrogen-bond donors (Lipinski definition) is 1. The van der Waals surface area contributed by atoms with Gasteiger partial charge in [0.1, 0.15) is 12.1 Å². The highest BCUT2D eigenvalue weighted by atomic mass is 19.2. The maximum atomic E-state index is 13.8. The van der Waals surface area contributed by atoms with Crippen molar-refractivity contribution in [2.24, 2.45) is 5.92 Å². The zero-order chi connectivity index (χ0) is 19.0. The van der Waals surface area contributed by atoms with Crippen LogP contribution in [-0.4, -0.2) is 34.1 Å². The first-order chi connectivity index (χ1) is 13.0. The van der Waals surface area contributed by atoms with E-state index in [1.54, 1.807) is 12.1 Å². The molecule has 1 saturated heterocycles. The highest BCUT2D eigenvalue weighted by molar-refractivity contribution is 6.02. The van der Waals surface area contributed by atoms with Crippen LogP contribution in [0.3, 0.4) is 0 Å². The minimum Gasteiger partial charge on any atom is -0.481 e. The van der Waals surface area contributed by atoms with Gasteiger partial charge in [-0.2, -0.15) is 0 Å². The highest BCUT2D eigenvalue weighted by Gasteiger charge is 2.27. The van der Waals surface area contributed by atoms with Gasteiger partial charge in [-0.3, -0.25) is 4.79 Å². The lowest BCUT2D eigenvalue weighted by Gasteiger charge is -2.32. The zero-order valence-electron chi connectivity index (χ0n) is 14.4. The molecule has 1 aromatic heterocycles. The predicted molar refractivity (Wildman–Crippen MR) is 97.5 cm³/mol. The molecule has 3 aromatic rings. The van der Waals surface area contributed by atoms with E-state index in [0.29, 0.717) is 47.4 Å². The summed E-state index contributed by atoms with van der Waals surface area (Å²) < 4.78 is 27.1. The Morgan fingerprint density at radius 1 is 1.15 bits per heavy atom. The van der Waals surface area contributed by atoms with Crippen molar-refractivity contribution in [2.45, 2.75) is 12.8 Å². The van der Waals surface area contributed by atoms with E-state index in [2.05, 4.69) is 9.97 Å². The molecular formula is C20H17F2N3O2. The lowest BCUT2D eigenvalue weighted by atomic mass is 9.96. The first-order valence-electron chi connectivity index (χ1n) is 8.71. The molecule has 1 N–H and O–H groups in total. The first kappa shape index (κ1) is 17.3. The van der Waals surface area contributed by atoms with E-state index in [0.717, 1.165) is 18.6 Å². The molecule has 1 aliphatic heterocycles. The van der Waals surface area contributed by atoms with Crippen molar-refractivity contribution >= 4 is 22.7 Å². The molecule has 1 aliphatic rings. The summed E-state index contributed by atoms with van der Waals surface area (Å²) in [5, 5.41) is 10.1. The molecule has 2 heterocycles. The summed E-state index contributed by atoms with van der Waals surface area (Å²) in [6.07, 6.45) is 2.82. The van der Waals surface area contributed by atoms with Crippen LogP contribution < -0.4 is 4.90 Å². The van der Waals surface area contributed by atoms with Crippen molar-refractivity contribution in [2.75, 3.05) is 18.0 Å². The number of carboxylic acids is 1. The molecular weight excluding hydrogens is 352 g/mol. The summed E-state index contributed by atoms with van der Waals surface area (Å²) >= 11 is 0. The van der Waals surface area contributed by atoms with Crippen LogP contribution in [0.25, 0.3) is 22.0 Å². The average molecular weight is 369 g/mol. The maximum Gasteiger partial charge on any atom is 0.308 e. The minimum atomic E-state index is -0.924. The first-order valence-corrected chi connectivity index (χ1v) is 8.71. The predicted octanol–water partition coefficient (Wildman–Crippen LogP) is 3.88. The van der Waals surface area contributed by atoms with Crippen LogP contribution in [0.15, 0.2) is 42.7 Å². The molecule has 5 nitrogen and oxygen atoms in total. The molecule has 0 spiro atoms. The number of aliphatic carboxylic acids is 1. The Bertz CT molecular complexity index is 1020. The number of carbonyl (C=O) groups is 1. The monoisotopic (exact) mass is 369 g/mol. The molecule has 4 rings (SSSR count). The van der Waals surface area contributed by atoms with Crippen molar-refractivity contribution < 1.29 is 18.7 Å². The molecule has 0 radical (unpaired) electrons. The third kappa shape index (κ3) is 3.20. The topological polar surface area (TPSA) is 66.3 Å². The Morgan fingerprint density at radius 2 is 2.00 bits per heavy atom. The largest absolute Gasteiger partial charge is 0.481 e. The van der Waals surface area contributed by atoms with Crippen LogP contribution in [-0.2, 0) is 4.79 Å². The summed E-state index contributed by atoms with van der Waals surface area (Å²) in [6, 6.07) is 9.18. The summed E-state index contributed by atoms with van der Waals surface area (Å²) in [5.41, 5.74) is 1.86. The molecule has 2 aromatic carbocycles. The van der Waals surface area contributed by atoms with Crippen LogP contribution in [0, 0.1) is 17.6 Å². The standard InChI is InChI=1S/C20H17F2N3O2/c21-15-7-6-12(9-16(15)22)14-4-1-5-17-18(14)19(24-11-23-17)25-8-2-3-13(10-25)20(26)27/h1,4-7,9,11,13H,2-3,8,10H2,(H,26,27). The Morgan fingerprint density at radius 3 is 2.78 bits per heavy atom. The second-order valence-corrected chi connectivity index (χ2v) is 6.65. The van der Waals surface area contributed by atoms with Gasteiger partial charge in [0.05, 0.1) is 16.8 Å². The van der Waals surface area contributed by atoms with Crippen LogP contribution in [0.1, 0.15) is 12.8 Å². The van der Waals surface area contributed by atoms with Gasteiger partial charge in [-0.05, 0) is 42.2 Å². The van der Waals surface area contributed by atoms with Crippen molar-refractivity contribution in [3.8, 4) is 11.1 Å². The second-order valence-electron chi connectivity index (χ2n) is 6.65. The van der Waals surface area contributed by atoms with Crippen LogP contribution in [0.2, 0.25) is 0 Å².